The molecule has 3 N–H and O–H groups in total. The highest BCUT2D eigenvalue weighted by Crippen LogP contribution is 2.32. The van der Waals surface area contributed by atoms with Gasteiger partial charge in [0.25, 0.3) is 0 Å². The smallest absolute Gasteiger partial charge is 0.327 e. The molecule has 1 aliphatic rings. The van der Waals surface area contributed by atoms with Gasteiger partial charge in [-0.2, -0.15) is 0 Å². The van der Waals surface area contributed by atoms with Crippen LogP contribution in [0.4, 0.5) is 5.82 Å². The molecular formula is C17H23N3O4. The first kappa shape index (κ1) is 17.9. The molecular weight excluding hydrogens is 310 g/mol. The van der Waals surface area contributed by atoms with Gasteiger partial charge < -0.3 is 10.8 Å². The van der Waals surface area contributed by atoms with Gasteiger partial charge in [0.05, 0.1) is 5.92 Å². The van der Waals surface area contributed by atoms with Crippen molar-refractivity contribution in [1.29, 1.82) is 0 Å². The molecule has 130 valence electrons. The molecule has 2 rings (SSSR count). The van der Waals surface area contributed by atoms with E-state index in [9.17, 15) is 19.5 Å². The minimum atomic E-state index is -1.16. The Morgan fingerprint density at radius 1 is 1.38 bits per heavy atom. The lowest BCUT2D eigenvalue weighted by molar-refractivity contribution is -0.177. The van der Waals surface area contributed by atoms with Gasteiger partial charge in [-0.25, -0.2) is 9.78 Å². The minimum absolute atomic E-state index is 0.0822. The monoisotopic (exact) mass is 333 g/mol. The molecule has 1 saturated heterocycles. The van der Waals surface area contributed by atoms with Crippen molar-refractivity contribution >= 4 is 23.6 Å². The van der Waals surface area contributed by atoms with Crippen LogP contribution in [0.3, 0.4) is 0 Å². The largest absolute Gasteiger partial charge is 0.480 e. The molecule has 0 unspecified atom stereocenters. The van der Waals surface area contributed by atoms with Crippen molar-refractivity contribution in [3.63, 3.8) is 0 Å². The van der Waals surface area contributed by atoms with E-state index in [1.807, 2.05) is 20.8 Å². The van der Waals surface area contributed by atoms with Crippen LogP contribution in [0, 0.1) is 17.8 Å². The van der Waals surface area contributed by atoms with Gasteiger partial charge >= 0.3 is 5.97 Å². The van der Waals surface area contributed by atoms with E-state index in [2.05, 4.69) is 4.98 Å². The first-order valence-electron chi connectivity index (χ1n) is 8.01. The molecule has 1 aromatic heterocycles. The number of carbonyl (C=O) groups excluding carboxylic acids is 2. The lowest BCUT2D eigenvalue weighted by Gasteiger charge is -2.43. The number of carbonyl (C=O) groups is 3. The number of aromatic nitrogens is 1. The Bertz CT molecular complexity index is 659. The van der Waals surface area contributed by atoms with Gasteiger partial charge in [-0.15, -0.1) is 0 Å². The van der Waals surface area contributed by atoms with Crippen LogP contribution in [0.25, 0.3) is 0 Å². The first-order valence-corrected chi connectivity index (χ1v) is 8.01. The van der Waals surface area contributed by atoms with Crippen LogP contribution < -0.4 is 5.73 Å². The number of likely N-dealkylation sites (tertiary alicyclic amines) is 1. The predicted molar refractivity (Wildman–Crippen MR) is 87.7 cm³/mol. The number of nitrogens with two attached hydrogens (primary N) is 1. The van der Waals surface area contributed by atoms with E-state index < -0.39 is 29.7 Å². The number of pyridine rings is 1. The van der Waals surface area contributed by atoms with Crippen molar-refractivity contribution in [2.45, 2.75) is 39.7 Å². The van der Waals surface area contributed by atoms with Crippen molar-refractivity contribution in [2.75, 3.05) is 5.73 Å². The number of nitrogen functional groups attached to an aromatic ring is 1. The number of hydrogen-bond acceptors (Lipinski definition) is 5. The van der Waals surface area contributed by atoms with Crippen LogP contribution in [-0.2, 0) is 20.8 Å². The van der Waals surface area contributed by atoms with Crippen molar-refractivity contribution in [3.05, 3.63) is 23.9 Å². The zero-order valence-corrected chi connectivity index (χ0v) is 14.1. The van der Waals surface area contributed by atoms with E-state index in [1.54, 1.807) is 12.1 Å². The van der Waals surface area contributed by atoms with Gasteiger partial charge in [0.1, 0.15) is 11.9 Å². The normalized spacial score (nSPS) is 21.5. The fourth-order valence-electron chi connectivity index (χ4n) is 2.79. The molecule has 0 radical (unpaired) electrons. The summed E-state index contributed by atoms with van der Waals surface area (Å²) in [6, 6.07) is 2.18. The van der Waals surface area contributed by atoms with E-state index in [-0.39, 0.29) is 24.7 Å². The number of β-lactam (4-membered cyclic amide) rings is 1. The molecule has 2 amide bonds. The van der Waals surface area contributed by atoms with E-state index in [0.717, 1.165) is 10.5 Å². The number of rotatable bonds is 6. The maximum atomic E-state index is 12.4. The molecule has 1 aromatic rings. The molecule has 1 fully saturated rings. The Kier molecular flexibility index (Phi) is 5.21. The number of nitrogens with zero attached hydrogens (tertiary/aromatic N) is 2. The van der Waals surface area contributed by atoms with Crippen molar-refractivity contribution in [2.24, 2.45) is 17.8 Å². The lowest BCUT2D eigenvalue weighted by Crippen LogP contribution is -2.67. The number of imide groups is 1. The van der Waals surface area contributed by atoms with Gasteiger partial charge in [0, 0.05) is 12.6 Å². The molecule has 7 nitrogen and oxygen atoms in total. The summed E-state index contributed by atoms with van der Waals surface area (Å²) >= 11 is 0. The molecule has 7 heteroatoms. The lowest BCUT2D eigenvalue weighted by atomic mass is 9.81. The summed E-state index contributed by atoms with van der Waals surface area (Å²) in [5, 5.41) is 9.43. The summed E-state index contributed by atoms with van der Waals surface area (Å²) in [7, 11) is 0. The number of carboxylic acids is 1. The van der Waals surface area contributed by atoms with E-state index in [4.69, 9.17) is 5.73 Å². The Morgan fingerprint density at radius 3 is 2.58 bits per heavy atom. The van der Waals surface area contributed by atoms with E-state index in [1.165, 1.54) is 6.20 Å². The Balaban J connectivity index is 2.12. The topological polar surface area (TPSA) is 114 Å². The quantitative estimate of drug-likeness (QED) is 0.759. The molecule has 24 heavy (non-hydrogen) atoms. The standard InChI is InChI=1S/C17H23N3O4/c1-9(2)10(3)6-14(21)20-15(17(23)24)12(16(20)22)7-11-4-5-19-13(18)8-11/h4-5,8-10,12,15H,6-7H2,1-3H3,(H2,18,19)(H,23,24)/t10-,12+,15-/m0/s1. The average Bonchev–Trinajstić information content (AvgIpc) is 2.49. The van der Waals surface area contributed by atoms with Gasteiger partial charge in [0.15, 0.2) is 0 Å². The number of amides is 2. The fourth-order valence-corrected chi connectivity index (χ4v) is 2.79. The van der Waals surface area contributed by atoms with Gasteiger partial charge in [-0.05, 0) is 36.0 Å². The van der Waals surface area contributed by atoms with Crippen LogP contribution in [-0.4, -0.2) is 38.8 Å². The van der Waals surface area contributed by atoms with Crippen LogP contribution >= 0.6 is 0 Å². The second kappa shape index (κ2) is 6.98. The fraction of sp³-hybridized carbons (Fsp3) is 0.529. The average molecular weight is 333 g/mol. The zero-order valence-electron chi connectivity index (χ0n) is 14.1. The predicted octanol–water partition coefficient (Wildman–Crippen LogP) is 1.33. The SMILES string of the molecule is CC(C)[C@@H](C)CC(=O)N1C(=O)[C@H](Cc2ccnc(N)c2)[C@H]1C(=O)O. The molecule has 1 aliphatic heterocycles. The van der Waals surface area contributed by atoms with Crippen LogP contribution in [0.5, 0.6) is 0 Å². The molecule has 0 saturated carbocycles. The van der Waals surface area contributed by atoms with Crippen LogP contribution in [0.15, 0.2) is 18.3 Å². The summed E-state index contributed by atoms with van der Waals surface area (Å²) in [5.41, 5.74) is 6.34. The molecule has 2 heterocycles. The maximum Gasteiger partial charge on any atom is 0.327 e. The summed E-state index contributed by atoms with van der Waals surface area (Å²) in [6.45, 7) is 5.89. The van der Waals surface area contributed by atoms with Crippen LogP contribution in [0.2, 0.25) is 0 Å². The first-order chi connectivity index (χ1) is 11.2. The Labute approximate surface area is 140 Å². The maximum absolute atomic E-state index is 12.4. The Hall–Kier alpha value is -2.44. The van der Waals surface area contributed by atoms with E-state index in [0.29, 0.717) is 5.82 Å². The molecule has 0 aromatic carbocycles. The number of anilines is 1. The number of aliphatic carboxylic acids is 1. The summed E-state index contributed by atoms with van der Waals surface area (Å²) in [6.07, 6.45) is 1.91. The van der Waals surface area contributed by atoms with Crippen molar-refractivity contribution < 1.29 is 19.5 Å². The van der Waals surface area contributed by atoms with Gasteiger partial charge in [-0.1, -0.05) is 20.8 Å². The summed E-state index contributed by atoms with van der Waals surface area (Å²) in [5.74, 6) is -2.08. The highest BCUT2D eigenvalue weighted by Gasteiger charge is 2.54. The van der Waals surface area contributed by atoms with Crippen LogP contribution in [0.1, 0.15) is 32.8 Å². The highest BCUT2D eigenvalue weighted by atomic mass is 16.4. The Morgan fingerprint density at radius 2 is 2.04 bits per heavy atom. The third-order valence-electron chi connectivity index (χ3n) is 4.67. The molecule has 0 bridgehead atoms. The summed E-state index contributed by atoms with van der Waals surface area (Å²) in [4.78, 5) is 41.0. The molecule has 0 spiro atoms. The number of hydrogen-bond donors (Lipinski definition) is 2. The second-order valence-corrected chi connectivity index (χ2v) is 6.71. The molecule has 3 atom stereocenters. The van der Waals surface area contributed by atoms with Gasteiger partial charge in [-0.3, -0.25) is 14.5 Å². The van der Waals surface area contributed by atoms with Crippen molar-refractivity contribution in [3.8, 4) is 0 Å². The minimum Gasteiger partial charge on any atom is -0.480 e. The third-order valence-corrected chi connectivity index (χ3v) is 4.67. The van der Waals surface area contributed by atoms with Crippen molar-refractivity contribution in [1.82, 2.24) is 9.88 Å². The van der Waals surface area contributed by atoms with E-state index >= 15 is 0 Å². The van der Waals surface area contributed by atoms with Gasteiger partial charge in [0.2, 0.25) is 11.8 Å². The number of carboxylic acid groups (broad SMARTS) is 1. The summed E-state index contributed by atoms with van der Waals surface area (Å²) < 4.78 is 0. The zero-order chi connectivity index (χ0) is 18.0. The molecule has 0 aliphatic carbocycles. The third kappa shape index (κ3) is 3.55. The second-order valence-electron chi connectivity index (χ2n) is 6.71. The highest BCUT2D eigenvalue weighted by molar-refractivity contribution is 6.08.